The summed E-state index contributed by atoms with van der Waals surface area (Å²) in [4.78, 5) is 24.8. The molecule has 0 fully saturated rings. The van der Waals surface area contributed by atoms with Crippen molar-refractivity contribution in [1.29, 1.82) is 0 Å². The van der Waals surface area contributed by atoms with E-state index in [1.807, 2.05) is 20.8 Å². The molecule has 1 aromatic rings. The molecular weight excluding hydrogens is 390 g/mol. The fourth-order valence-corrected chi connectivity index (χ4v) is 2.88. The highest BCUT2D eigenvalue weighted by Crippen LogP contribution is 2.22. The van der Waals surface area contributed by atoms with E-state index < -0.39 is 11.6 Å². The first-order chi connectivity index (χ1) is 9.69. The number of rotatable bonds is 6. The first-order valence-corrected chi connectivity index (χ1v) is 8.39. The molecule has 0 aliphatic heterocycles. The molecule has 0 bridgehead atoms. The van der Waals surface area contributed by atoms with E-state index in [0.717, 1.165) is 3.79 Å². The average Bonchev–Trinajstić information content (AvgIpc) is 2.84. The predicted octanol–water partition coefficient (Wildman–Crippen LogP) is 2.54. The Labute approximate surface area is 150 Å². The van der Waals surface area contributed by atoms with Crippen LogP contribution in [-0.4, -0.2) is 29.9 Å². The molecule has 4 N–H and O–H groups in total. The molecule has 0 aliphatic carbocycles. The monoisotopic (exact) mass is 411 g/mol. The molecule has 1 aromatic heterocycles. The van der Waals surface area contributed by atoms with E-state index in [9.17, 15) is 9.59 Å². The molecule has 8 heteroatoms. The summed E-state index contributed by atoms with van der Waals surface area (Å²) < 4.78 is 0.875. The molecule has 22 heavy (non-hydrogen) atoms. The van der Waals surface area contributed by atoms with Crippen molar-refractivity contribution in [3.05, 3.63) is 20.8 Å². The smallest absolute Gasteiger partial charge is 0.262 e. The quantitative estimate of drug-likeness (QED) is 0.671. The van der Waals surface area contributed by atoms with Gasteiger partial charge in [-0.25, -0.2) is 0 Å². The molecule has 0 spiro atoms. The van der Waals surface area contributed by atoms with Gasteiger partial charge in [-0.3, -0.25) is 9.59 Å². The number of nitrogens with two attached hydrogens (primary N) is 1. The fraction of sp³-hybridized carbons (Fsp3) is 0.571. The van der Waals surface area contributed by atoms with Crippen LogP contribution in [0.15, 0.2) is 15.9 Å². The Morgan fingerprint density at radius 3 is 2.36 bits per heavy atom. The van der Waals surface area contributed by atoms with E-state index in [4.69, 9.17) is 5.73 Å². The zero-order valence-electron chi connectivity index (χ0n) is 13.1. The first-order valence-electron chi connectivity index (χ1n) is 6.78. The van der Waals surface area contributed by atoms with E-state index in [-0.39, 0.29) is 30.1 Å². The van der Waals surface area contributed by atoms with Gasteiger partial charge in [-0.05, 0) is 47.8 Å². The first kappa shape index (κ1) is 21.4. The Morgan fingerprint density at radius 1 is 1.36 bits per heavy atom. The minimum Gasteiger partial charge on any atom is -0.348 e. The van der Waals surface area contributed by atoms with Crippen LogP contribution >= 0.6 is 39.7 Å². The molecular formula is C14H23BrClN3O2S. The second-order valence-electron chi connectivity index (χ2n) is 5.56. The van der Waals surface area contributed by atoms with Gasteiger partial charge in [0.1, 0.15) is 6.04 Å². The van der Waals surface area contributed by atoms with Crippen LogP contribution in [0.4, 0.5) is 0 Å². The number of halogens is 2. The minimum atomic E-state index is -0.622. The zero-order chi connectivity index (χ0) is 16.2. The van der Waals surface area contributed by atoms with Crippen molar-refractivity contribution >= 4 is 51.5 Å². The number of amides is 2. The summed E-state index contributed by atoms with van der Waals surface area (Å²) in [7, 11) is 0. The third-order valence-electron chi connectivity index (χ3n) is 3.64. The maximum Gasteiger partial charge on any atom is 0.262 e. The lowest BCUT2D eigenvalue weighted by Gasteiger charge is -2.34. The van der Waals surface area contributed by atoms with E-state index in [1.165, 1.54) is 11.3 Å². The summed E-state index contributed by atoms with van der Waals surface area (Å²) in [5.41, 5.74) is 5.26. The van der Waals surface area contributed by atoms with Gasteiger partial charge in [-0.2, -0.15) is 0 Å². The highest BCUT2D eigenvalue weighted by Gasteiger charge is 2.30. The van der Waals surface area contributed by atoms with Gasteiger partial charge in [0.25, 0.3) is 5.91 Å². The molecule has 126 valence electrons. The molecule has 5 nitrogen and oxygen atoms in total. The van der Waals surface area contributed by atoms with Crippen LogP contribution in [0.2, 0.25) is 0 Å². The highest BCUT2D eigenvalue weighted by atomic mass is 79.9. The lowest BCUT2D eigenvalue weighted by Crippen LogP contribution is -2.59. The number of carbonyl (C=O) groups is 2. The Bertz CT molecular complexity index is 524. The number of hydrogen-bond donors (Lipinski definition) is 3. The zero-order valence-corrected chi connectivity index (χ0v) is 16.3. The molecule has 0 aliphatic rings. The summed E-state index contributed by atoms with van der Waals surface area (Å²) in [6.07, 6.45) is 0. The minimum absolute atomic E-state index is 0. The second kappa shape index (κ2) is 8.86. The van der Waals surface area contributed by atoms with Gasteiger partial charge < -0.3 is 16.4 Å². The van der Waals surface area contributed by atoms with E-state index in [1.54, 1.807) is 19.1 Å². The third-order valence-corrected chi connectivity index (χ3v) is 5.27. The summed E-state index contributed by atoms with van der Waals surface area (Å²) >= 11 is 4.63. The third kappa shape index (κ3) is 5.53. The fourth-order valence-electron chi connectivity index (χ4n) is 1.59. The number of nitrogens with one attached hydrogen (secondary N) is 2. The number of carbonyl (C=O) groups excluding carboxylic acids is 2. The standard InChI is InChI=1S/C14H22BrN3O2S.ClH/c1-8(2)14(4,7-16)18-12(19)9(3)17-13(20)10-5-6-11(15)21-10;/h5-6,8-9H,7,16H2,1-4H3,(H,17,20)(H,18,19);1H. The maximum absolute atomic E-state index is 12.2. The van der Waals surface area contributed by atoms with Crippen LogP contribution in [-0.2, 0) is 4.79 Å². The Hall–Kier alpha value is -0.630. The lowest BCUT2D eigenvalue weighted by molar-refractivity contribution is -0.124. The number of hydrogen-bond acceptors (Lipinski definition) is 4. The van der Waals surface area contributed by atoms with Gasteiger partial charge in [0, 0.05) is 6.54 Å². The maximum atomic E-state index is 12.2. The molecule has 0 saturated carbocycles. The van der Waals surface area contributed by atoms with Gasteiger partial charge in [-0.15, -0.1) is 23.7 Å². The van der Waals surface area contributed by atoms with Crippen molar-refractivity contribution in [2.75, 3.05) is 6.54 Å². The normalized spacial score (nSPS) is 14.7. The van der Waals surface area contributed by atoms with Gasteiger partial charge in [-0.1, -0.05) is 13.8 Å². The average molecular weight is 413 g/mol. The van der Waals surface area contributed by atoms with E-state index in [0.29, 0.717) is 11.4 Å². The van der Waals surface area contributed by atoms with Gasteiger partial charge in [0.2, 0.25) is 5.91 Å². The van der Waals surface area contributed by atoms with Gasteiger partial charge in [0.05, 0.1) is 14.2 Å². The predicted molar refractivity (Wildman–Crippen MR) is 96.6 cm³/mol. The SMILES string of the molecule is CC(NC(=O)c1ccc(Br)s1)C(=O)NC(C)(CN)C(C)C.Cl. The molecule has 1 heterocycles. The summed E-state index contributed by atoms with van der Waals surface area (Å²) in [6.45, 7) is 7.90. The van der Waals surface area contributed by atoms with Crippen LogP contribution < -0.4 is 16.4 Å². The van der Waals surface area contributed by atoms with Gasteiger partial charge >= 0.3 is 0 Å². The lowest BCUT2D eigenvalue weighted by atomic mass is 9.88. The van der Waals surface area contributed by atoms with Crippen molar-refractivity contribution in [3.8, 4) is 0 Å². The van der Waals surface area contributed by atoms with Crippen molar-refractivity contribution in [2.24, 2.45) is 11.7 Å². The van der Waals surface area contributed by atoms with Crippen LogP contribution in [0.5, 0.6) is 0 Å². The summed E-state index contributed by atoms with van der Waals surface area (Å²) in [5.74, 6) is -0.296. The highest BCUT2D eigenvalue weighted by molar-refractivity contribution is 9.11. The van der Waals surface area contributed by atoms with E-state index >= 15 is 0 Å². The largest absolute Gasteiger partial charge is 0.348 e. The second-order valence-corrected chi connectivity index (χ2v) is 8.03. The molecule has 0 aromatic carbocycles. The molecule has 2 amide bonds. The van der Waals surface area contributed by atoms with Crippen molar-refractivity contribution in [1.82, 2.24) is 10.6 Å². The Kier molecular flexibility index (Phi) is 8.61. The van der Waals surface area contributed by atoms with Crippen molar-refractivity contribution in [3.63, 3.8) is 0 Å². The summed E-state index contributed by atoms with van der Waals surface area (Å²) in [5, 5.41) is 5.61. The van der Waals surface area contributed by atoms with Gasteiger partial charge in [0.15, 0.2) is 0 Å². The van der Waals surface area contributed by atoms with Crippen molar-refractivity contribution < 1.29 is 9.59 Å². The van der Waals surface area contributed by atoms with E-state index in [2.05, 4.69) is 26.6 Å². The topological polar surface area (TPSA) is 84.2 Å². The Balaban J connectivity index is 0.00000441. The molecule has 1 rings (SSSR count). The summed E-state index contributed by atoms with van der Waals surface area (Å²) in [6, 6.07) is 2.89. The van der Waals surface area contributed by atoms with Crippen LogP contribution in [0.25, 0.3) is 0 Å². The van der Waals surface area contributed by atoms with Crippen LogP contribution in [0.3, 0.4) is 0 Å². The molecule has 0 radical (unpaired) electrons. The van der Waals surface area contributed by atoms with Crippen LogP contribution in [0.1, 0.15) is 37.4 Å². The van der Waals surface area contributed by atoms with Crippen LogP contribution in [0, 0.1) is 5.92 Å². The Morgan fingerprint density at radius 2 is 1.95 bits per heavy atom. The molecule has 2 atom stereocenters. The number of thiophene rings is 1. The molecule has 2 unspecified atom stereocenters. The van der Waals surface area contributed by atoms with Crippen molar-refractivity contribution in [2.45, 2.75) is 39.3 Å². The molecule has 0 saturated heterocycles.